The first kappa shape index (κ1) is 22.4. The normalized spacial score (nSPS) is 7.50. The molecule has 48 valence electrons. The summed E-state index contributed by atoms with van der Waals surface area (Å²) in [5.41, 5.74) is 0. The maximum atomic E-state index is 7.33. The van der Waals surface area contributed by atoms with Crippen molar-refractivity contribution in [1.29, 1.82) is 0 Å². The average molecular weight is 200 g/mol. The van der Waals surface area contributed by atoms with Crippen LogP contribution in [0.2, 0.25) is 0 Å². The third-order valence-electron chi connectivity index (χ3n) is 0. The molecule has 4 nitrogen and oxygen atoms in total. The third-order valence-corrected chi connectivity index (χ3v) is 0. The fourth-order valence-corrected chi connectivity index (χ4v) is 0. The summed E-state index contributed by atoms with van der Waals surface area (Å²) in [5, 5.41) is 0. The molecule has 0 aliphatic rings. The van der Waals surface area contributed by atoms with Gasteiger partial charge >= 0.3 is 84.5 Å². The van der Waals surface area contributed by atoms with Crippen molar-refractivity contribution in [1.82, 2.24) is 0 Å². The molecule has 8 heavy (non-hydrogen) atoms. The molecular formula is H9Ca2FO4Si. The molecule has 0 aromatic heterocycles. The Morgan fingerprint density at radius 3 is 0.875 bits per heavy atom. The van der Waals surface area contributed by atoms with E-state index in [9.17, 15) is 0 Å². The number of halogens is 1. The smallest absolute Gasteiger partial charge is 1.00 e. The van der Waals surface area contributed by atoms with Crippen molar-refractivity contribution < 1.29 is 29.6 Å². The summed E-state index contributed by atoms with van der Waals surface area (Å²) < 4.78 is 0. The van der Waals surface area contributed by atoms with Crippen LogP contribution >= 0.6 is 0 Å². The molecule has 0 aromatic rings. The van der Waals surface area contributed by atoms with E-state index >= 15 is 0 Å². The van der Waals surface area contributed by atoms with Gasteiger partial charge in [0, 0.05) is 0 Å². The first-order valence-corrected chi connectivity index (χ1v) is 2.68. The monoisotopic (exact) mass is 200 g/mol. The van der Waals surface area contributed by atoms with Crippen molar-refractivity contribution in [3.05, 3.63) is 0 Å². The van der Waals surface area contributed by atoms with Crippen LogP contribution in [0, 0.1) is 0 Å². The van der Waals surface area contributed by atoms with E-state index in [4.69, 9.17) is 19.2 Å². The van der Waals surface area contributed by atoms with E-state index in [-0.39, 0.29) is 85.9 Å². The summed E-state index contributed by atoms with van der Waals surface area (Å²) in [5.74, 6) is 0. The Kier molecular flexibility index (Phi) is 26.7. The Morgan fingerprint density at radius 1 is 0.875 bits per heavy atom. The number of rotatable bonds is 0. The molecular weight excluding hydrogens is 191 g/mol. The van der Waals surface area contributed by atoms with E-state index in [1.165, 1.54) is 0 Å². The molecule has 0 amide bonds. The van der Waals surface area contributed by atoms with Crippen molar-refractivity contribution in [2.45, 2.75) is 0 Å². The zero-order valence-electron chi connectivity index (χ0n) is 8.11. The molecule has 8 heteroatoms. The van der Waals surface area contributed by atoms with Gasteiger partial charge in [0.1, 0.15) is 0 Å². The molecule has 0 rings (SSSR count). The Bertz CT molecular complexity index is 40.5. The van der Waals surface area contributed by atoms with E-state index < -0.39 is 9.05 Å². The van der Waals surface area contributed by atoms with Crippen LogP contribution in [-0.2, 0) is 0 Å². The summed E-state index contributed by atoms with van der Waals surface area (Å²) in [6, 6.07) is 0. The zero-order valence-corrected chi connectivity index (χ0v) is 9.53. The quantitative estimate of drug-likeness (QED) is 0.319. The van der Waals surface area contributed by atoms with Crippen LogP contribution in [-0.4, -0.2) is 104 Å². The summed E-state index contributed by atoms with van der Waals surface area (Å²) in [7, 11) is -4.61. The van der Waals surface area contributed by atoms with Gasteiger partial charge in [-0.2, -0.15) is 0 Å². The summed E-state index contributed by atoms with van der Waals surface area (Å²) >= 11 is 0. The predicted octanol–water partition coefficient (Wildman–Crippen LogP) is -2.77. The minimum Gasteiger partial charge on any atom is -1.00 e. The molecule has 0 aromatic carbocycles. The molecule has 0 spiro atoms. The van der Waals surface area contributed by atoms with E-state index in [0.29, 0.717) is 0 Å². The number of hydrogen-bond acceptors (Lipinski definition) is 4. The van der Waals surface area contributed by atoms with Gasteiger partial charge in [0.25, 0.3) is 0 Å². The van der Waals surface area contributed by atoms with E-state index in [1.807, 2.05) is 0 Å². The minimum absolute atomic E-state index is 0. The Labute approximate surface area is 112 Å². The van der Waals surface area contributed by atoms with Crippen molar-refractivity contribution >= 4 is 84.5 Å². The molecule has 0 fully saturated rings. The van der Waals surface area contributed by atoms with Crippen LogP contribution in [0.25, 0.3) is 0 Å². The topological polar surface area (TPSA) is 80.9 Å². The van der Waals surface area contributed by atoms with Gasteiger partial charge in [-0.3, -0.25) is 4.70 Å². The molecule has 0 aliphatic heterocycles. The Hall–Kier alpha value is 2.51. The second-order valence-corrected chi connectivity index (χ2v) is 1.80. The van der Waals surface area contributed by atoms with E-state index in [1.54, 1.807) is 0 Å². The van der Waals surface area contributed by atoms with Crippen molar-refractivity contribution in [3.63, 3.8) is 0 Å². The van der Waals surface area contributed by atoms with Crippen LogP contribution in [0.1, 0.15) is 5.71 Å². The maximum Gasteiger partial charge on any atom is 2.00 e. The average Bonchev–Trinajstić information content (AvgIpc) is 0.722. The fourth-order valence-electron chi connectivity index (χ4n) is 0. The summed E-state index contributed by atoms with van der Waals surface area (Å²) in [6.07, 6.45) is 0. The Morgan fingerprint density at radius 2 is 0.875 bits per heavy atom. The number of hydrogen-bond donors (Lipinski definition) is 4. The fraction of sp³-hybridized carbons (Fsp3) is 0. The summed E-state index contributed by atoms with van der Waals surface area (Å²) in [4.78, 5) is 29.3. The van der Waals surface area contributed by atoms with Crippen molar-refractivity contribution in [2.24, 2.45) is 0 Å². The van der Waals surface area contributed by atoms with E-state index in [2.05, 4.69) is 0 Å². The van der Waals surface area contributed by atoms with E-state index in [0.717, 1.165) is 0 Å². The SMILES string of the molecule is F.O[Si](O)(O)O.[Ca+2].[Ca+2].[H-].[H-].[H-].[H-]. The van der Waals surface area contributed by atoms with Gasteiger partial charge < -0.3 is 24.9 Å². The van der Waals surface area contributed by atoms with Gasteiger partial charge in [-0.1, -0.05) is 0 Å². The molecule has 4 N–H and O–H groups in total. The molecule has 0 aliphatic carbocycles. The standard InChI is InChI=1S/2Ca.FH.H4O4Si.4H/c;;;1-5(2,3)4;;;;/h;;1H;1-4H;;;;/q2*+2;;;4*-1. The predicted molar refractivity (Wildman–Crippen MR) is 33.1 cm³/mol. The Balaban J connectivity index is -0.00000000381. The minimum atomic E-state index is -4.61. The second-order valence-electron chi connectivity index (χ2n) is 0.600. The van der Waals surface area contributed by atoms with Gasteiger partial charge in [0.2, 0.25) is 0 Å². The third kappa shape index (κ3) is 76.3. The molecule has 0 saturated heterocycles. The first-order valence-electron chi connectivity index (χ1n) is 0.894. The van der Waals surface area contributed by atoms with Crippen LogP contribution in [0.4, 0.5) is 4.70 Å². The molecule has 0 bridgehead atoms. The summed E-state index contributed by atoms with van der Waals surface area (Å²) in [6.45, 7) is 0. The van der Waals surface area contributed by atoms with Gasteiger partial charge in [-0.05, 0) is 0 Å². The van der Waals surface area contributed by atoms with Gasteiger partial charge in [0.05, 0.1) is 0 Å². The molecule has 0 saturated carbocycles. The second kappa shape index (κ2) is 9.51. The first-order chi connectivity index (χ1) is 2.00. The van der Waals surface area contributed by atoms with Gasteiger partial charge in [-0.15, -0.1) is 0 Å². The molecule has 0 unspecified atom stereocenters. The van der Waals surface area contributed by atoms with Crippen LogP contribution in [0.3, 0.4) is 0 Å². The van der Waals surface area contributed by atoms with Gasteiger partial charge in [-0.25, -0.2) is 0 Å². The maximum absolute atomic E-state index is 7.33. The molecule has 0 atom stereocenters. The van der Waals surface area contributed by atoms with Crippen LogP contribution in [0.15, 0.2) is 0 Å². The van der Waals surface area contributed by atoms with Crippen LogP contribution < -0.4 is 0 Å². The van der Waals surface area contributed by atoms with Crippen molar-refractivity contribution in [3.8, 4) is 0 Å². The molecule has 0 heterocycles. The largest absolute Gasteiger partial charge is 2.00 e. The van der Waals surface area contributed by atoms with Crippen molar-refractivity contribution in [2.75, 3.05) is 0 Å². The molecule has 0 radical (unpaired) electrons. The van der Waals surface area contributed by atoms with Crippen LogP contribution in [0.5, 0.6) is 0 Å². The zero-order chi connectivity index (χ0) is 4.50. The van der Waals surface area contributed by atoms with Gasteiger partial charge in [0.15, 0.2) is 0 Å².